The molecule has 0 radical (unpaired) electrons. The van der Waals surface area contributed by atoms with Gasteiger partial charge in [0.05, 0.1) is 18.5 Å². The van der Waals surface area contributed by atoms with Crippen LogP contribution in [-0.2, 0) is 0 Å². The first-order valence-electron chi connectivity index (χ1n) is 6.93. The summed E-state index contributed by atoms with van der Waals surface area (Å²) in [6.45, 7) is 3.12. The Morgan fingerprint density at radius 1 is 1.10 bits per heavy atom. The van der Waals surface area contributed by atoms with Gasteiger partial charge in [0.15, 0.2) is 0 Å². The molecule has 106 valence electrons. The Kier molecular flexibility index (Phi) is 4.88. The van der Waals surface area contributed by atoms with Crippen LogP contribution in [0, 0.1) is 0 Å². The number of para-hydroxylation sites is 1. The fourth-order valence-electron chi connectivity index (χ4n) is 2.25. The predicted molar refractivity (Wildman–Crippen MR) is 85.4 cm³/mol. The lowest BCUT2D eigenvalue weighted by molar-refractivity contribution is 0.417. The topological polar surface area (TPSA) is 47.3 Å². The third-order valence-electron chi connectivity index (χ3n) is 3.55. The molecule has 0 aliphatic rings. The molecule has 20 heavy (non-hydrogen) atoms. The van der Waals surface area contributed by atoms with Crippen LogP contribution < -0.4 is 15.8 Å². The first-order valence-corrected chi connectivity index (χ1v) is 6.93. The number of nitrogens with one attached hydrogen (secondary N) is 1. The van der Waals surface area contributed by atoms with Crippen molar-refractivity contribution in [2.75, 3.05) is 24.7 Å². The Balaban J connectivity index is 1.90. The molecule has 0 heterocycles. The highest BCUT2D eigenvalue weighted by atomic mass is 16.5. The van der Waals surface area contributed by atoms with Crippen LogP contribution in [0.4, 0.5) is 11.4 Å². The summed E-state index contributed by atoms with van der Waals surface area (Å²) < 4.78 is 5.22. The van der Waals surface area contributed by atoms with Crippen LogP contribution in [0.3, 0.4) is 0 Å². The summed E-state index contributed by atoms with van der Waals surface area (Å²) in [4.78, 5) is 0. The normalized spacial score (nSPS) is 11.9. The summed E-state index contributed by atoms with van der Waals surface area (Å²) >= 11 is 0. The molecule has 1 atom stereocenters. The molecule has 1 unspecified atom stereocenters. The maximum absolute atomic E-state index is 6.03. The van der Waals surface area contributed by atoms with E-state index in [0.717, 1.165) is 18.7 Å². The van der Waals surface area contributed by atoms with Gasteiger partial charge in [-0.25, -0.2) is 0 Å². The van der Waals surface area contributed by atoms with Crippen LogP contribution in [0.2, 0.25) is 0 Å². The Morgan fingerprint density at radius 3 is 2.55 bits per heavy atom. The highest BCUT2D eigenvalue weighted by molar-refractivity contribution is 5.72. The summed E-state index contributed by atoms with van der Waals surface area (Å²) in [5, 5.41) is 3.38. The minimum absolute atomic E-state index is 0.524. The largest absolute Gasteiger partial charge is 0.495 e. The predicted octanol–water partition coefficient (Wildman–Crippen LogP) is 3.88. The standard InChI is InChI=1S/C17H22N2O/c1-13(14-7-4-3-5-8-14)11-12-19-15-9-6-10-16(20-2)17(15)18/h3-10,13,19H,11-12,18H2,1-2H3. The number of methoxy groups -OCH3 is 1. The van der Waals surface area contributed by atoms with E-state index in [4.69, 9.17) is 10.5 Å². The maximum atomic E-state index is 6.03. The number of ether oxygens (including phenoxy) is 1. The van der Waals surface area contributed by atoms with Crippen LogP contribution in [0.15, 0.2) is 48.5 Å². The fourth-order valence-corrected chi connectivity index (χ4v) is 2.25. The van der Waals surface area contributed by atoms with Gasteiger partial charge in [-0.3, -0.25) is 0 Å². The van der Waals surface area contributed by atoms with Crippen molar-refractivity contribution in [1.82, 2.24) is 0 Å². The Morgan fingerprint density at radius 2 is 1.85 bits per heavy atom. The second kappa shape index (κ2) is 6.85. The Bertz CT molecular complexity index is 540. The minimum Gasteiger partial charge on any atom is -0.495 e. The maximum Gasteiger partial charge on any atom is 0.143 e. The first kappa shape index (κ1) is 14.3. The van der Waals surface area contributed by atoms with Gasteiger partial charge in [-0.2, -0.15) is 0 Å². The molecule has 3 nitrogen and oxygen atoms in total. The van der Waals surface area contributed by atoms with Crippen molar-refractivity contribution in [3.05, 3.63) is 54.1 Å². The summed E-state index contributed by atoms with van der Waals surface area (Å²) in [7, 11) is 1.63. The third kappa shape index (κ3) is 3.44. The number of nitrogens with two attached hydrogens (primary N) is 1. The molecule has 0 spiro atoms. The zero-order chi connectivity index (χ0) is 14.4. The summed E-state index contributed by atoms with van der Waals surface area (Å²) in [5.74, 6) is 1.24. The van der Waals surface area contributed by atoms with Crippen LogP contribution in [0.25, 0.3) is 0 Å². The first-order chi connectivity index (χ1) is 9.72. The number of nitrogen functional groups attached to an aromatic ring is 1. The highest BCUT2D eigenvalue weighted by Gasteiger charge is 2.07. The van der Waals surface area contributed by atoms with Gasteiger partial charge in [0, 0.05) is 6.54 Å². The van der Waals surface area contributed by atoms with E-state index in [9.17, 15) is 0 Å². The SMILES string of the molecule is COc1cccc(NCCC(C)c2ccccc2)c1N. The van der Waals surface area contributed by atoms with E-state index < -0.39 is 0 Å². The molecule has 0 aromatic heterocycles. The van der Waals surface area contributed by atoms with Crippen molar-refractivity contribution < 1.29 is 4.74 Å². The molecule has 0 fully saturated rings. The number of anilines is 2. The fraction of sp³-hybridized carbons (Fsp3) is 0.294. The van der Waals surface area contributed by atoms with Gasteiger partial charge in [-0.05, 0) is 30.0 Å². The molecule has 0 amide bonds. The van der Waals surface area contributed by atoms with E-state index in [-0.39, 0.29) is 0 Å². The smallest absolute Gasteiger partial charge is 0.143 e. The van der Waals surface area contributed by atoms with Gasteiger partial charge in [-0.1, -0.05) is 43.3 Å². The molecule has 2 aromatic rings. The number of rotatable bonds is 6. The lowest BCUT2D eigenvalue weighted by Gasteiger charge is -2.15. The summed E-state index contributed by atoms with van der Waals surface area (Å²) in [6.07, 6.45) is 1.06. The van der Waals surface area contributed by atoms with Crippen LogP contribution in [-0.4, -0.2) is 13.7 Å². The molecule has 0 aliphatic heterocycles. The molecular weight excluding hydrogens is 248 g/mol. The zero-order valence-corrected chi connectivity index (χ0v) is 12.1. The van der Waals surface area contributed by atoms with E-state index in [0.29, 0.717) is 17.4 Å². The van der Waals surface area contributed by atoms with Crippen molar-refractivity contribution in [1.29, 1.82) is 0 Å². The van der Waals surface area contributed by atoms with Gasteiger partial charge < -0.3 is 15.8 Å². The second-order valence-electron chi connectivity index (χ2n) is 4.95. The van der Waals surface area contributed by atoms with Gasteiger partial charge >= 0.3 is 0 Å². The molecule has 0 aliphatic carbocycles. The summed E-state index contributed by atoms with van der Waals surface area (Å²) in [5.41, 5.74) is 9.01. The second-order valence-corrected chi connectivity index (χ2v) is 4.95. The Labute approximate surface area is 120 Å². The minimum atomic E-state index is 0.524. The van der Waals surface area contributed by atoms with Gasteiger partial charge in [0.1, 0.15) is 5.75 Å². The van der Waals surface area contributed by atoms with Crippen molar-refractivity contribution >= 4 is 11.4 Å². The van der Waals surface area contributed by atoms with E-state index in [1.165, 1.54) is 5.56 Å². The van der Waals surface area contributed by atoms with Crippen molar-refractivity contribution in [2.24, 2.45) is 0 Å². The molecule has 2 rings (SSSR count). The number of benzene rings is 2. The highest BCUT2D eigenvalue weighted by Crippen LogP contribution is 2.29. The summed E-state index contributed by atoms with van der Waals surface area (Å²) in [6, 6.07) is 16.3. The molecule has 0 saturated heterocycles. The average molecular weight is 270 g/mol. The lowest BCUT2D eigenvalue weighted by atomic mass is 9.98. The quantitative estimate of drug-likeness (QED) is 0.783. The van der Waals surface area contributed by atoms with E-state index in [1.54, 1.807) is 7.11 Å². The van der Waals surface area contributed by atoms with Gasteiger partial charge in [-0.15, -0.1) is 0 Å². The molecule has 2 aromatic carbocycles. The molecular formula is C17H22N2O. The van der Waals surface area contributed by atoms with Crippen LogP contribution >= 0.6 is 0 Å². The lowest BCUT2D eigenvalue weighted by Crippen LogP contribution is -2.08. The number of hydrogen-bond donors (Lipinski definition) is 2. The van der Waals surface area contributed by atoms with Crippen molar-refractivity contribution in [2.45, 2.75) is 19.3 Å². The average Bonchev–Trinajstić information content (AvgIpc) is 2.49. The molecule has 3 N–H and O–H groups in total. The molecule has 3 heteroatoms. The van der Waals surface area contributed by atoms with E-state index in [1.807, 2.05) is 24.3 Å². The van der Waals surface area contributed by atoms with Crippen LogP contribution in [0.5, 0.6) is 5.75 Å². The molecule has 0 bridgehead atoms. The van der Waals surface area contributed by atoms with E-state index >= 15 is 0 Å². The zero-order valence-electron chi connectivity index (χ0n) is 12.1. The molecule has 0 saturated carbocycles. The van der Waals surface area contributed by atoms with Gasteiger partial charge in [0.2, 0.25) is 0 Å². The van der Waals surface area contributed by atoms with E-state index in [2.05, 4.69) is 36.5 Å². The number of hydrogen-bond acceptors (Lipinski definition) is 3. The van der Waals surface area contributed by atoms with Crippen molar-refractivity contribution in [3.8, 4) is 5.75 Å². The van der Waals surface area contributed by atoms with Crippen molar-refractivity contribution in [3.63, 3.8) is 0 Å². The third-order valence-corrected chi connectivity index (χ3v) is 3.55. The van der Waals surface area contributed by atoms with Crippen LogP contribution in [0.1, 0.15) is 24.8 Å². The van der Waals surface area contributed by atoms with Gasteiger partial charge in [0.25, 0.3) is 0 Å². The Hall–Kier alpha value is -2.16. The monoisotopic (exact) mass is 270 g/mol.